The summed E-state index contributed by atoms with van der Waals surface area (Å²) in [6.07, 6.45) is 2.81. The third-order valence-electron chi connectivity index (χ3n) is 5.60. The largest absolute Gasteiger partial charge is 0.493 e. The van der Waals surface area contributed by atoms with E-state index in [1.165, 1.54) is 10.6 Å². The monoisotopic (exact) mass is 451 g/mol. The Morgan fingerprint density at radius 1 is 1.06 bits per heavy atom. The van der Waals surface area contributed by atoms with Gasteiger partial charge < -0.3 is 24.3 Å². The van der Waals surface area contributed by atoms with Gasteiger partial charge in [0.1, 0.15) is 12.1 Å². The third-order valence-corrected chi connectivity index (χ3v) is 7.08. The number of rotatable bonds is 7. The van der Waals surface area contributed by atoms with Gasteiger partial charge in [-0.2, -0.15) is 12.7 Å². The van der Waals surface area contributed by atoms with Crippen LogP contribution >= 0.6 is 0 Å². The Kier molecular flexibility index (Phi) is 5.75. The fraction of sp³-hybridized carbons (Fsp3) is 0.526. The van der Waals surface area contributed by atoms with E-state index in [4.69, 9.17) is 15.2 Å². The first-order valence-corrected chi connectivity index (χ1v) is 11.3. The summed E-state index contributed by atoms with van der Waals surface area (Å²) in [5.74, 6) is 1.91. The Hall–Kier alpha value is -2.86. The molecule has 2 N–H and O–H groups in total. The van der Waals surface area contributed by atoms with Crippen LogP contribution in [-0.2, 0) is 14.5 Å². The smallest absolute Gasteiger partial charge is 0.421 e. The molecule has 1 saturated carbocycles. The summed E-state index contributed by atoms with van der Waals surface area (Å²) in [7, 11) is -1.07. The summed E-state index contributed by atoms with van der Waals surface area (Å²) in [5, 5.41) is 0.822. The number of amides is 1. The first kappa shape index (κ1) is 21.4. The minimum Gasteiger partial charge on any atom is -0.493 e. The molecule has 0 bridgehead atoms. The zero-order valence-electron chi connectivity index (χ0n) is 17.4. The first-order valence-electron chi connectivity index (χ1n) is 9.98. The first-order chi connectivity index (χ1) is 14.8. The van der Waals surface area contributed by atoms with Gasteiger partial charge in [-0.3, -0.25) is 0 Å². The van der Waals surface area contributed by atoms with E-state index in [1.807, 2.05) is 6.07 Å². The van der Waals surface area contributed by atoms with Gasteiger partial charge in [0.25, 0.3) is 0 Å². The van der Waals surface area contributed by atoms with Crippen LogP contribution in [0.4, 0.5) is 10.6 Å². The van der Waals surface area contributed by atoms with Gasteiger partial charge in [-0.15, -0.1) is 0 Å². The average Bonchev–Trinajstić information content (AvgIpc) is 3.56. The highest BCUT2D eigenvalue weighted by molar-refractivity contribution is 7.84. The summed E-state index contributed by atoms with van der Waals surface area (Å²) in [5.41, 5.74) is 5.68. The summed E-state index contributed by atoms with van der Waals surface area (Å²) in [6.45, 7) is 1.17. The zero-order valence-corrected chi connectivity index (χ0v) is 18.2. The number of nitrogens with two attached hydrogens (primary N) is 1. The lowest BCUT2D eigenvalue weighted by Gasteiger charge is -2.37. The van der Waals surface area contributed by atoms with Crippen LogP contribution in [0, 0.1) is 0 Å². The molecule has 1 aliphatic heterocycles. The standard InChI is InChI=1S/C19H25N5O6S/c1-28-16-9-14-15(10-17(16)29-2)21-11-22-18(14)23-7-5-13(6-8-23)24(12-3-4-12)31(26,27)30-19(20)25/h9-13H,3-8H2,1-2H3,(H2,20,25). The molecule has 0 radical (unpaired) electrons. The second-order valence-corrected chi connectivity index (χ2v) is 9.00. The van der Waals surface area contributed by atoms with Crippen LogP contribution in [0.25, 0.3) is 10.9 Å². The number of piperidine rings is 1. The van der Waals surface area contributed by atoms with Gasteiger partial charge in [-0.1, -0.05) is 0 Å². The Morgan fingerprint density at radius 3 is 2.26 bits per heavy atom. The minimum atomic E-state index is -4.21. The molecule has 168 valence electrons. The van der Waals surface area contributed by atoms with Crippen molar-refractivity contribution in [3.05, 3.63) is 18.5 Å². The quantitative estimate of drug-likeness (QED) is 0.662. The number of aromatic nitrogens is 2. The van der Waals surface area contributed by atoms with Gasteiger partial charge in [0, 0.05) is 36.6 Å². The number of fused-ring (bicyclic) bond motifs is 1. The van der Waals surface area contributed by atoms with Gasteiger partial charge in [-0.25, -0.2) is 14.8 Å². The summed E-state index contributed by atoms with van der Waals surface area (Å²) in [4.78, 5) is 22.0. The maximum Gasteiger partial charge on any atom is 0.421 e. The SMILES string of the molecule is COc1cc2ncnc(N3CCC(N(C4CC4)S(=O)(=O)OC(N)=O)CC3)c2cc1OC. The van der Waals surface area contributed by atoms with Crippen molar-refractivity contribution in [1.82, 2.24) is 14.3 Å². The molecular formula is C19H25N5O6S. The van der Waals surface area contributed by atoms with Crippen molar-refractivity contribution < 1.29 is 26.9 Å². The van der Waals surface area contributed by atoms with E-state index in [9.17, 15) is 13.2 Å². The number of carbonyl (C=O) groups excluding carboxylic acids is 1. The van der Waals surface area contributed by atoms with Crippen LogP contribution in [0.5, 0.6) is 11.5 Å². The van der Waals surface area contributed by atoms with Crippen LogP contribution in [0.15, 0.2) is 18.5 Å². The molecule has 2 heterocycles. The molecule has 1 saturated heterocycles. The number of methoxy groups -OCH3 is 2. The molecule has 31 heavy (non-hydrogen) atoms. The molecule has 2 aliphatic rings. The minimum absolute atomic E-state index is 0.141. The number of hydrogen-bond donors (Lipinski definition) is 1. The van der Waals surface area contributed by atoms with Crippen LogP contribution in [-0.4, -0.2) is 68.2 Å². The molecule has 0 atom stereocenters. The number of nitrogens with zero attached hydrogens (tertiary/aromatic N) is 4. The molecule has 2 fully saturated rings. The summed E-state index contributed by atoms with van der Waals surface area (Å²) < 4.78 is 41.6. The predicted octanol–water partition coefficient (Wildman–Crippen LogP) is 1.42. The lowest BCUT2D eigenvalue weighted by atomic mass is 10.0. The molecule has 11 nitrogen and oxygen atoms in total. The molecule has 12 heteroatoms. The Balaban J connectivity index is 1.56. The number of benzene rings is 1. The van der Waals surface area contributed by atoms with Crippen molar-refractivity contribution in [3.8, 4) is 11.5 Å². The highest BCUT2D eigenvalue weighted by atomic mass is 32.2. The molecular weight excluding hydrogens is 426 g/mol. The van der Waals surface area contributed by atoms with E-state index in [1.54, 1.807) is 20.3 Å². The third kappa shape index (κ3) is 4.30. The van der Waals surface area contributed by atoms with E-state index in [2.05, 4.69) is 19.1 Å². The topological polar surface area (TPSA) is 137 Å². The Bertz CT molecular complexity index is 1080. The van der Waals surface area contributed by atoms with Crippen molar-refractivity contribution in [2.75, 3.05) is 32.2 Å². The maximum absolute atomic E-state index is 12.5. The molecule has 1 aromatic heterocycles. The van der Waals surface area contributed by atoms with E-state index in [0.29, 0.717) is 37.4 Å². The zero-order chi connectivity index (χ0) is 22.2. The number of ether oxygens (including phenoxy) is 2. The Morgan fingerprint density at radius 2 is 1.68 bits per heavy atom. The fourth-order valence-electron chi connectivity index (χ4n) is 4.09. The van der Waals surface area contributed by atoms with Crippen LogP contribution in [0.3, 0.4) is 0 Å². The fourth-order valence-corrected chi connectivity index (χ4v) is 5.54. The highest BCUT2D eigenvalue weighted by Crippen LogP contribution is 2.38. The van der Waals surface area contributed by atoms with Crippen molar-refractivity contribution in [2.24, 2.45) is 5.73 Å². The number of carbonyl (C=O) groups is 1. The second-order valence-electron chi connectivity index (χ2n) is 7.56. The van der Waals surface area contributed by atoms with Gasteiger partial charge >= 0.3 is 16.4 Å². The van der Waals surface area contributed by atoms with Gasteiger partial charge in [0.2, 0.25) is 0 Å². The van der Waals surface area contributed by atoms with Gasteiger partial charge in [-0.05, 0) is 31.7 Å². The van der Waals surface area contributed by atoms with Crippen molar-refractivity contribution in [1.29, 1.82) is 0 Å². The van der Waals surface area contributed by atoms with Gasteiger partial charge in [0.05, 0.1) is 19.7 Å². The normalized spacial score (nSPS) is 17.7. The van der Waals surface area contributed by atoms with Crippen LogP contribution in [0.2, 0.25) is 0 Å². The summed E-state index contributed by atoms with van der Waals surface area (Å²) in [6, 6.07) is 3.24. The van der Waals surface area contributed by atoms with E-state index in [-0.39, 0.29) is 12.1 Å². The number of anilines is 1. The van der Waals surface area contributed by atoms with E-state index >= 15 is 0 Å². The van der Waals surface area contributed by atoms with E-state index in [0.717, 1.165) is 29.6 Å². The summed E-state index contributed by atoms with van der Waals surface area (Å²) >= 11 is 0. The maximum atomic E-state index is 12.5. The average molecular weight is 452 g/mol. The molecule has 2 aromatic rings. The lowest BCUT2D eigenvalue weighted by molar-refractivity contribution is 0.194. The lowest BCUT2D eigenvalue weighted by Crippen LogP contribution is -2.49. The number of primary amides is 1. The van der Waals surface area contributed by atoms with E-state index < -0.39 is 16.4 Å². The van der Waals surface area contributed by atoms with Crippen LogP contribution < -0.4 is 20.1 Å². The highest BCUT2D eigenvalue weighted by Gasteiger charge is 2.44. The van der Waals surface area contributed by atoms with Crippen molar-refractivity contribution in [3.63, 3.8) is 0 Å². The van der Waals surface area contributed by atoms with Crippen LogP contribution in [0.1, 0.15) is 25.7 Å². The molecule has 1 aromatic carbocycles. The van der Waals surface area contributed by atoms with Crippen molar-refractivity contribution in [2.45, 2.75) is 37.8 Å². The molecule has 0 spiro atoms. The van der Waals surface area contributed by atoms with Crippen molar-refractivity contribution >= 4 is 33.1 Å². The molecule has 4 rings (SSSR count). The molecule has 1 amide bonds. The molecule has 0 unspecified atom stereocenters. The second kappa shape index (κ2) is 8.35. The Labute approximate surface area is 180 Å². The van der Waals surface area contributed by atoms with Gasteiger partial charge in [0.15, 0.2) is 11.5 Å². The molecule has 1 aliphatic carbocycles. The number of hydrogen-bond acceptors (Lipinski definition) is 9. The predicted molar refractivity (Wildman–Crippen MR) is 112 cm³/mol.